The summed E-state index contributed by atoms with van der Waals surface area (Å²) in [7, 11) is 2.08. The highest BCUT2D eigenvalue weighted by Crippen LogP contribution is 2.31. The van der Waals surface area contributed by atoms with Gasteiger partial charge in [-0.3, -0.25) is 9.69 Å². The topological polar surface area (TPSA) is 67.4 Å². The molecule has 1 aliphatic rings. The van der Waals surface area contributed by atoms with Crippen molar-refractivity contribution in [2.24, 2.45) is 0 Å². The van der Waals surface area contributed by atoms with Gasteiger partial charge in [0.25, 0.3) is 0 Å². The first-order valence-corrected chi connectivity index (χ1v) is 11.4. The van der Waals surface area contributed by atoms with Crippen molar-refractivity contribution in [1.82, 2.24) is 14.9 Å². The molecule has 1 aliphatic heterocycles. The minimum Gasteiger partial charge on any atom is -0.494 e. The number of ether oxygens (including phenoxy) is 1. The van der Waals surface area contributed by atoms with Crippen LogP contribution in [0.15, 0.2) is 48.8 Å². The zero-order chi connectivity index (χ0) is 23.4. The fraction of sp³-hybridized carbons (Fsp3) is 0.320. The van der Waals surface area contributed by atoms with Crippen LogP contribution in [0.5, 0.6) is 5.75 Å². The van der Waals surface area contributed by atoms with Gasteiger partial charge in [-0.2, -0.15) is 0 Å². The third-order valence-electron chi connectivity index (χ3n) is 5.75. The molecule has 33 heavy (non-hydrogen) atoms. The zero-order valence-electron chi connectivity index (χ0n) is 18.6. The number of hydrogen-bond acceptors (Lipinski definition) is 6. The van der Waals surface area contributed by atoms with Crippen LogP contribution in [0, 0.1) is 5.82 Å². The van der Waals surface area contributed by atoms with Gasteiger partial charge in [0.05, 0.1) is 17.1 Å². The molecule has 0 bridgehead atoms. The lowest BCUT2D eigenvalue weighted by molar-refractivity contribution is -0.114. The number of rotatable bonds is 8. The quantitative estimate of drug-likeness (QED) is 0.451. The first-order chi connectivity index (χ1) is 15.9. The number of ketones is 1. The summed E-state index contributed by atoms with van der Waals surface area (Å²) in [6.45, 7) is 3.42. The first kappa shape index (κ1) is 23.1. The molecule has 1 aromatic heterocycles. The number of allylic oxidation sites excluding steroid dienone is 1. The zero-order valence-corrected chi connectivity index (χ0v) is 19.4. The second-order valence-corrected chi connectivity index (χ2v) is 8.49. The number of hydrogen-bond donors (Lipinski definition) is 1. The third-order valence-corrected chi connectivity index (χ3v) is 6.04. The second-order valence-electron chi connectivity index (χ2n) is 8.08. The molecule has 0 amide bonds. The van der Waals surface area contributed by atoms with Crippen molar-refractivity contribution >= 4 is 39.8 Å². The lowest BCUT2D eigenvalue weighted by atomic mass is 10.0. The molecule has 0 saturated carbocycles. The summed E-state index contributed by atoms with van der Waals surface area (Å²) in [5, 5.41) is 3.91. The Bertz CT molecular complexity index is 1200. The number of halogens is 2. The standard InChI is InChI=1S/C25H26ClFN4O2/c1-3-33-24-14-23-20(12-16(24)11-19(32)8-7-18-5-4-10-31(18)2)25(29-15-28-23)30-17-6-9-22(27)21(26)13-17/h6-9,12-15,18H,3-5,10-11H2,1-2H3,(H,28,29,30)/b8-7+/t18-/m0/s1. The Hall–Kier alpha value is -3.03. The number of likely N-dealkylation sites (tertiary alicyclic amines) is 1. The number of nitrogens with zero attached hydrogens (tertiary/aromatic N) is 3. The molecule has 2 aromatic carbocycles. The summed E-state index contributed by atoms with van der Waals surface area (Å²) in [6, 6.07) is 8.37. The Morgan fingerprint density at radius 3 is 2.91 bits per heavy atom. The van der Waals surface area contributed by atoms with Crippen molar-refractivity contribution < 1.29 is 13.9 Å². The minimum atomic E-state index is -0.492. The van der Waals surface area contributed by atoms with Gasteiger partial charge in [-0.15, -0.1) is 0 Å². The Morgan fingerprint density at radius 2 is 2.18 bits per heavy atom. The van der Waals surface area contributed by atoms with E-state index in [1.807, 2.05) is 25.1 Å². The molecule has 3 aromatic rings. The lowest BCUT2D eigenvalue weighted by Gasteiger charge is -2.15. The second kappa shape index (κ2) is 10.3. The highest BCUT2D eigenvalue weighted by molar-refractivity contribution is 6.31. The van der Waals surface area contributed by atoms with E-state index in [1.54, 1.807) is 12.1 Å². The number of likely N-dealkylation sites (N-methyl/N-ethyl adjacent to an activating group) is 1. The maximum Gasteiger partial charge on any atom is 0.159 e. The van der Waals surface area contributed by atoms with Crippen LogP contribution < -0.4 is 10.1 Å². The van der Waals surface area contributed by atoms with Gasteiger partial charge in [-0.25, -0.2) is 14.4 Å². The Labute approximate surface area is 197 Å². The molecule has 1 saturated heterocycles. The molecule has 8 heteroatoms. The van der Waals surface area contributed by atoms with E-state index in [0.717, 1.165) is 30.3 Å². The van der Waals surface area contributed by atoms with Crippen LogP contribution in [-0.4, -0.2) is 46.9 Å². The molecule has 0 unspecified atom stereocenters. The van der Waals surface area contributed by atoms with Gasteiger partial charge in [-0.1, -0.05) is 17.7 Å². The van der Waals surface area contributed by atoms with Gasteiger partial charge >= 0.3 is 0 Å². The number of carbonyl (C=O) groups excluding carboxylic acids is 1. The molecule has 0 aliphatic carbocycles. The van der Waals surface area contributed by atoms with E-state index in [1.165, 1.54) is 18.5 Å². The van der Waals surface area contributed by atoms with Crippen LogP contribution in [0.3, 0.4) is 0 Å². The van der Waals surface area contributed by atoms with Crippen molar-refractivity contribution in [3.8, 4) is 5.75 Å². The van der Waals surface area contributed by atoms with E-state index in [2.05, 4.69) is 27.2 Å². The van der Waals surface area contributed by atoms with Crippen LogP contribution in [0.2, 0.25) is 5.02 Å². The fourth-order valence-electron chi connectivity index (χ4n) is 4.01. The summed E-state index contributed by atoms with van der Waals surface area (Å²) in [5.74, 6) is 0.669. The Kier molecular flexibility index (Phi) is 7.20. The number of carbonyl (C=O) groups is 1. The van der Waals surface area contributed by atoms with Crippen molar-refractivity contribution in [2.45, 2.75) is 32.2 Å². The van der Waals surface area contributed by atoms with E-state index in [4.69, 9.17) is 16.3 Å². The van der Waals surface area contributed by atoms with E-state index in [-0.39, 0.29) is 17.2 Å². The molecule has 172 valence electrons. The Morgan fingerprint density at radius 1 is 1.33 bits per heavy atom. The number of aromatic nitrogens is 2. The van der Waals surface area contributed by atoms with E-state index in [0.29, 0.717) is 35.4 Å². The van der Waals surface area contributed by atoms with Gasteiger partial charge in [0.15, 0.2) is 5.78 Å². The molecule has 0 spiro atoms. The highest BCUT2D eigenvalue weighted by atomic mass is 35.5. The maximum atomic E-state index is 13.5. The number of fused-ring (bicyclic) bond motifs is 1. The molecule has 1 atom stereocenters. The summed E-state index contributed by atoms with van der Waals surface area (Å²) in [6.07, 6.45) is 7.53. The smallest absolute Gasteiger partial charge is 0.159 e. The molecule has 4 rings (SSSR count). The summed E-state index contributed by atoms with van der Waals surface area (Å²) < 4.78 is 19.3. The van der Waals surface area contributed by atoms with Crippen LogP contribution in [-0.2, 0) is 11.2 Å². The average molecular weight is 469 g/mol. The van der Waals surface area contributed by atoms with Crippen LogP contribution in [0.25, 0.3) is 10.9 Å². The van der Waals surface area contributed by atoms with Crippen LogP contribution in [0.4, 0.5) is 15.9 Å². The van der Waals surface area contributed by atoms with Gasteiger partial charge in [0.2, 0.25) is 0 Å². The lowest BCUT2D eigenvalue weighted by Crippen LogP contribution is -2.22. The van der Waals surface area contributed by atoms with Crippen molar-refractivity contribution in [3.63, 3.8) is 0 Å². The van der Waals surface area contributed by atoms with Crippen molar-refractivity contribution in [3.05, 3.63) is 65.2 Å². The molecule has 2 heterocycles. The van der Waals surface area contributed by atoms with E-state index < -0.39 is 5.82 Å². The van der Waals surface area contributed by atoms with E-state index >= 15 is 0 Å². The molecule has 1 fully saturated rings. The number of benzene rings is 2. The molecule has 0 radical (unpaired) electrons. The summed E-state index contributed by atoms with van der Waals surface area (Å²) in [4.78, 5) is 23.7. The van der Waals surface area contributed by atoms with Gasteiger partial charge in [0, 0.05) is 35.2 Å². The fourth-order valence-corrected chi connectivity index (χ4v) is 4.19. The first-order valence-electron chi connectivity index (χ1n) is 11.0. The molecular formula is C25H26ClFN4O2. The number of nitrogens with one attached hydrogen (secondary N) is 1. The largest absolute Gasteiger partial charge is 0.494 e. The average Bonchev–Trinajstić information content (AvgIpc) is 3.20. The highest BCUT2D eigenvalue weighted by Gasteiger charge is 2.18. The summed E-state index contributed by atoms with van der Waals surface area (Å²) >= 11 is 5.91. The third kappa shape index (κ3) is 5.49. The predicted molar refractivity (Wildman–Crippen MR) is 129 cm³/mol. The normalized spacial score (nSPS) is 16.5. The monoisotopic (exact) mass is 468 g/mol. The van der Waals surface area contributed by atoms with Crippen LogP contribution >= 0.6 is 11.6 Å². The summed E-state index contributed by atoms with van der Waals surface area (Å²) in [5.41, 5.74) is 2.02. The van der Waals surface area contributed by atoms with Gasteiger partial charge in [-0.05, 0) is 63.7 Å². The SMILES string of the molecule is CCOc1cc2ncnc(Nc3ccc(F)c(Cl)c3)c2cc1CC(=O)/C=C/[C@@H]1CCCN1C. The predicted octanol–water partition coefficient (Wildman–Crippen LogP) is 5.33. The Balaban J connectivity index is 1.63. The molecular weight excluding hydrogens is 443 g/mol. The van der Waals surface area contributed by atoms with Gasteiger partial charge < -0.3 is 10.1 Å². The maximum absolute atomic E-state index is 13.5. The number of anilines is 2. The molecule has 6 nitrogen and oxygen atoms in total. The van der Waals surface area contributed by atoms with Crippen LogP contribution in [0.1, 0.15) is 25.3 Å². The molecule has 1 N–H and O–H groups in total. The van der Waals surface area contributed by atoms with Gasteiger partial charge in [0.1, 0.15) is 23.7 Å². The van der Waals surface area contributed by atoms with E-state index in [9.17, 15) is 9.18 Å². The van der Waals surface area contributed by atoms with Crippen molar-refractivity contribution in [2.75, 3.05) is 25.5 Å². The van der Waals surface area contributed by atoms with Crippen molar-refractivity contribution in [1.29, 1.82) is 0 Å². The minimum absolute atomic E-state index is 0.00674.